The molecule has 1 amide bonds. The summed E-state index contributed by atoms with van der Waals surface area (Å²) in [6.07, 6.45) is 2.24. The minimum absolute atomic E-state index is 0.269. The van der Waals surface area contributed by atoms with Gasteiger partial charge in [0.25, 0.3) is 0 Å². The number of rotatable bonds is 12. The lowest BCUT2D eigenvalue weighted by atomic mass is 9.71. The van der Waals surface area contributed by atoms with Gasteiger partial charge in [-0.05, 0) is 37.1 Å². The second-order valence-corrected chi connectivity index (χ2v) is 7.08. The largest absolute Gasteiger partial charge is 0.497 e. The third-order valence-corrected chi connectivity index (χ3v) is 5.12. The van der Waals surface area contributed by atoms with Gasteiger partial charge >= 0.3 is 0 Å². The standard InChI is InChI=1S/C21H32N2O6/c1-27-17-7-5-16(6-8-17)19(24)21(26)9-3-2-4-18(21)20(25)23-11-13-29-15-14-28-12-10-22/h5-8,18,26H,2-4,9-15,22H2,1H3,(H,23,25). The normalized spacial score (nSPS) is 21.6. The minimum atomic E-state index is -1.70. The average molecular weight is 408 g/mol. The van der Waals surface area contributed by atoms with Crippen molar-refractivity contribution in [3.05, 3.63) is 29.8 Å². The molecule has 1 aromatic rings. The summed E-state index contributed by atoms with van der Waals surface area (Å²) in [5, 5.41) is 14.0. The first kappa shape index (κ1) is 23.3. The van der Waals surface area contributed by atoms with Crippen molar-refractivity contribution in [1.29, 1.82) is 0 Å². The predicted molar refractivity (Wildman–Crippen MR) is 108 cm³/mol. The first-order valence-electron chi connectivity index (χ1n) is 10.1. The molecule has 1 fully saturated rings. The van der Waals surface area contributed by atoms with Crippen LogP contribution in [0.3, 0.4) is 0 Å². The Labute approximate surface area is 171 Å². The number of hydrogen-bond acceptors (Lipinski definition) is 7. The molecule has 8 heteroatoms. The topological polar surface area (TPSA) is 120 Å². The highest BCUT2D eigenvalue weighted by Gasteiger charge is 2.48. The highest BCUT2D eigenvalue weighted by Crippen LogP contribution is 2.37. The van der Waals surface area contributed by atoms with Gasteiger partial charge in [0, 0.05) is 18.7 Å². The van der Waals surface area contributed by atoms with Gasteiger partial charge in [0.1, 0.15) is 11.4 Å². The summed E-state index contributed by atoms with van der Waals surface area (Å²) in [7, 11) is 1.54. The van der Waals surface area contributed by atoms with Gasteiger partial charge in [-0.15, -0.1) is 0 Å². The Morgan fingerprint density at radius 2 is 1.83 bits per heavy atom. The van der Waals surface area contributed by atoms with Crippen LogP contribution in [0, 0.1) is 5.92 Å². The molecule has 8 nitrogen and oxygen atoms in total. The highest BCUT2D eigenvalue weighted by molar-refractivity contribution is 6.05. The predicted octanol–water partition coefficient (Wildman–Crippen LogP) is 0.907. The van der Waals surface area contributed by atoms with Crippen LogP contribution in [-0.2, 0) is 14.3 Å². The zero-order valence-electron chi connectivity index (χ0n) is 17.0. The summed E-state index contributed by atoms with van der Waals surface area (Å²) in [5.41, 5.74) is 3.99. The number of hydrogen-bond donors (Lipinski definition) is 3. The molecule has 0 radical (unpaired) electrons. The summed E-state index contributed by atoms with van der Waals surface area (Å²) in [6, 6.07) is 6.57. The van der Waals surface area contributed by atoms with Crippen LogP contribution in [0.5, 0.6) is 5.75 Å². The van der Waals surface area contributed by atoms with Crippen molar-refractivity contribution in [3.63, 3.8) is 0 Å². The molecule has 0 heterocycles. The number of nitrogens with one attached hydrogen (secondary N) is 1. The summed E-state index contributed by atoms with van der Waals surface area (Å²) >= 11 is 0. The van der Waals surface area contributed by atoms with E-state index in [0.717, 1.165) is 6.42 Å². The third kappa shape index (κ3) is 6.50. The summed E-state index contributed by atoms with van der Waals surface area (Å²) in [5.74, 6) is -0.899. The van der Waals surface area contributed by atoms with Crippen LogP contribution in [0.15, 0.2) is 24.3 Å². The van der Waals surface area contributed by atoms with Crippen LogP contribution in [0.25, 0.3) is 0 Å². The number of ketones is 1. The van der Waals surface area contributed by atoms with E-state index < -0.39 is 17.3 Å². The van der Waals surface area contributed by atoms with E-state index in [-0.39, 0.29) is 12.3 Å². The van der Waals surface area contributed by atoms with Crippen molar-refractivity contribution in [3.8, 4) is 5.75 Å². The van der Waals surface area contributed by atoms with Crippen molar-refractivity contribution < 1.29 is 28.9 Å². The fourth-order valence-electron chi connectivity index (χ4n) is 3.54. The van der Waals surface area contributed by atoms with E-state index >= 15 is 0 Å². The zero-order chi connectivity index (χ0) is 21.1. The maximum absolute atomic E-state index is 13.0. The van der Waals surface area contributed by atoms with Gasteiger partial charge in [-0.1, -0.05) is 12.8 Å². The van der Waals surface area contributed by atoms with Crippen LogP contribution >= 0.6 is 0 Å². The van der Waals surface area contributed by atoms with Crippen LogP contribution < -0.4 is 15.8 Å². The number of methoxy groups -OCH3 is 1. The van der Waals surface area contributed by atoms with E-state index in [2.05, 4.69) is 5.32 Å². The smallest absolute Gasteiger partial charge is 0.226 e. The number of benzene rings is 1. The van der Waals surface area contributed by atoms with Crippen molar-refractivity contribution in [2.45, 2.75) is 31.3 Å². The second kappa shape index (κ2) is 11.9. The van der Waals surface area contributed by atoms with E-state index in [1.165, 1.54) is 0 Å². The number of nitrogens with two attached hydrogens (primary N) is 1. The molecule has 1 aromatic carbocycles. The lowest BCUT2D eigenvalue weighted by Gasteiger charge is -2.37. The molecular formula is C21H32N2O6. The summed E-state index contributed by atoms with van der Waals surface area (Å²) < 4.78 is 15.7. The second-order valence-electron chi connectivity index (χ2n) is 7.08. The van der Waals surface area contributed by atoms with Crippen molar-refractivity contribution in [2.75, 3.05) is 46.6 Å². The van der Waals surface area contributed by atoms with E-state index in [1.807, 2.05) is 0 Å². The fourth-order valence-corrected chi connectivity index (χ4v) is 3.54. The molecule has 4 N–H and O–H groups in total. The van der Waals surface area contributed by atoms with Crippen LogP contribution in [0.1, 0.15) is 36.0 Å². The van der Waals surface area contributed by atoms with Crippen LogP contribution in [0.4, 0.5) is 0 Å². The molecule has 0 saturated heterocycles. The van der Waals surface area contributed by atoms with Crippen LogP contribution in [0.2, 0.25) is 0 Å². The maximum atomic E-state index is 13.0. The van der Waals surface area contributed by atoms with Crippen molar-refractivity contribution in [1.82, 2.24) is 5.32 Å². The van der Waals surface area contributed by atoms with Crippen molar-refractivity contribution in [2.24, 2.45) is 11.7 Å². The van der Waals surface area contributed by atoms with Gasteiger partial charge in [-0.3, -0.25) is 9.59 Å². The minimum Gasteiger partial charge on any atom is -0.497 e. The molecule has 0 spiro atoms. The molecule has 2 unspecified atom stereocenters. The SMILES string of the molecule is COc1ccc(C(=O)C2(O)CCCCC2C(=O)NCCOCCOCCN)cc1. The lowest BCUT2D eigenvalue weighted by molar-refractivity contribution is -0.134. The number of carbonyl (C=O) groups is 2. The molecule has 1 aliphatic carbocycles. The molecule has 2 rings (SSSR count). The van der Waals surface area contributed by atoms with Gasteiger partial charge in [-0.2, -0.15) is 0 Å². The van der Waals surface area contributed by atoms with E-state index in [4.69, 9.17) is 19.9 Å². The van der Waals surface area contributed by atoms with Gasteiger partial charge in [0.05, 0.1) is 39.5 Å². The maximum Gasteiger partial charge on any atom is 0.226 e. The number of ether oxygens (including phenoxy) is 3. The molecule has 0 bridgehead atoms. The first-order chi connectivity index (χ1) is 14.0. The Balaban J connectivity index is 1.89. The number of amides is 1. The number of aliphatic hydroxyl groups is 1. The number of Topliss-reactive ketones (excluding diaryl/α,β-unsaturated/α-hetero) is 1. The van der Waals surface area contributed by atoms with Gasteiger partial charge in [-0.25, -0.2) is 0 Å². The monoisotopic (exact) mass is 408 g/mol. The van der Waals surface area contributed by atoms with Gasteiger partial charge in [0.2, 0.25) is 5.91 Å². The molecule has 2 atom stereocenters. The zero-order valence-corrected chi connectivity index (χ0v) is 17.0. The quantitative estimate of drug-likeness (QED) is 0.347. The molecule has 29 heavy (non-hydrogen) atoms. The number of carbonyl (C=O) groups excluding carboxylic acids is 2. The third-order valence-electron chi connectivity index (χ3n) is 5.12. The average Bonchev–Trinajstić information content (AvgIpc) is 2.75. The summed E-state index contributed by atoms with van der Waals surface area (Å²) in [6.45, 7) is 2.45. The Morgan fingerprint density at radius 3 is 2.48 bits per heavy atom. The Kier molecular flexibility index (Phi) is 9.53. The summed E-state index contributed by atoms with van der Waals surface area (Å²) in [4.78, 5) is 25.7. The van der Waals surface area contributed by atoms with Gasteiger partial charge < -0.3 is 30.4 Å². The molecule has 0 aliphatic heterocycles. The molecular weight excluding hydrogens is 376 g/mol. The molecule has 1 aliphatic rings. The van der Waals surface area contributed by atoms with Gasteiger partial charge in [0.15, 0.2) is 5.78 Å². The Bertz CT molecular complexity index is 651. The van der Waals surface area contributed by atoms with Crippen molar-refractivity contribution >= 4 is 11.7 Å². The van der Waals surface area contributed by atoms with E-state index in [0.29, 0.717) is 63.7 Å². The van der Waals surface area contributed by atoms with E-state index in [1.54, 1.807) is 31.4 Å². The molecule has 0 aromatic heterocycles. The molecule has 162 valence electrons. The van der Waals surface area contributed by atoms with Crippen LogP contribution in [-0.4, -0.2) is 69.0 Å². The lowest BCUT2D eigenvalue weighted by Crippen LogP contribution is -2.54. The first-order valence-corrected chi connectivity index (χ1v) is 10.1. The van der Waals surface area contributed by atoms with E-state index in [9.17, 15) is 14.7 Å². The Morgan fingerprint density at radius 1 is 1.14 bits per heavy atom. The molecule has 1 saturated carbocycles. The highest BCUT2D eigenvalue weighted by atomic mass is 16.5. The fraction of sp³-hybridized carbons (Fsp3) is 0.619. The Hall–Kier alpha value is -2.00.